The molecule has 0 radical (unpaired) electrons. The van der Waals surface area contributed by atoms with Crippen LogP contribution in [0.25, 0.3) is 0 Å². The van der Waals surface area contributed by atoms with E-state index in [0.717, 1.165) is 11.3 Å². The van der Waals surface area contributed by atoms with Crippen molar-refractivity contribution in [1.29, 1.82) is 0 Å². The zero-order chi connectivity index (χ0) is 15.4. The molecule has 0 fully saturated rings. The van der Waals surface area contributed by atoms with Crippen molar-refractivity contribution in [3.05, 3.63) is 65.5 Å². The molecule has 1 amide bonds. The molecule has 0 aliphatic heterocycles. The van der Waals surface area contributed by atoms with Crippen LogP contribution in [0.2, 0.25) is 0 Å². The Morgan fingerprint density at radius 1 is 0.952 bits per heavy atom. The Bertz CT molecular complexity index is 606. The van der Waals surface area contributed by atoms with Crippen molar-refractivity contribution in [3.63, 3.8) is 0 Å². The number of rotatable bonds is 4. The summed E-state index contributed by atoms with van der Waals surface area (Å²) in [6, 6.07) is 13.6. The molecule has 4 heteroatoms. The topological polar surface area (TPSA) is 23.6 Å². The molecular weight excluding hydrogens is 267 g/mol. The smallest absolute Gasteiger partial charge is 0.253 e. The third kappa shape index (κ3) is 3.81. The fourth-order valence-electron chi connectivity index (χ4n) is 2.06. The summed E-state index contributed by atoms with van der Waals surface area (Å²) in [6.45, 7) is 0.453. The summed E-state index contributed by atoms with van der Waals surface area (Å²) in [6.07, 6.45) is 0. The molecule has 110 valence electrons. The van der Waals surface area contributed by atoms with Gasteiger partial charge in [0.25, 0.3) is 5.91 Å². The van der Waals surface area contributed by atoms with E-state index in [0.29, 0.717) is 12.1 Å². The maximum absolute atomic E-state index is 12.9. The number of hydrogen-bond acceptors (Lipinski definition) is 2. The van der Waals surface area contributed by atoms with Crippen molar-refractivity contribution in [3.8, 4) is 0 Å². The zero-order valence-corrected chi connectivity index (χ0v) is 12.5. The summed E-state index contributed by atoms with van der Waals surface area (Å²) in [7, 11) is 5.65. The molecule has 2 aromatic carbocycles. The maximum atomic E-state index is 12.9. The number of hydrogen-bond donors (Lipinski definition) is 0. The fourth-order valence-corrected chi connectivity index (χ4v) is 2.06. The Hall–Kier alpha value is -2.36. The fraction of sp³-hybridized carbons (Fsp3) is 0.235. The highest BCUT2D eigenvalue weighted by Crippen LogP contribution is 2.14. The molecule has 0 aromatic heterocycles. The number of anilines is 1. The van der Waals surface area contributed by atoms with Gasteiger partial charge in [-0.05, 0) is 42.0 Å². The molecule has 0 spiro atoms. The van der Waals surface area contributed by atoms with Gasteiger partial charge in [-0.3, -0.25) is 4.79 Å². The average Bonchev–Trinajstić information content (AvgIpc) is 2.49. The van der Waals surface area contributed by atoms with Crippen molar-refractivity contribution >= 4 is 11.6 Å². The molecule has 2 rings (SSSR count). The van der Waals surface area contributed by atoms with Crippen LogP contribution in [0.4, 0.5) is 10.1 Å². The lowest BCUT2D eigenvalue weighted by Gasteiger charge is -2.18. The third-order valence-corrected chi connectivity index (χ3v) is 3.31. The van der Waals surface area contributed by atoms with Gasteiger partial charge in [-0.15, -0.1) is 0 Å². The van der Waals surface area contributed by atoms with Crippen LogP contribution in [0.5, 0.6) is 0 Å². The van der Waals surface area contributed by atoms with Crippen LogP contribution in [-0.2, 0) is 6.54 Å². The number of carbonyl (C=O) groups is 1. The van der Waals surface area contributed by atoms with Gasteiger partial charge in [-0.25, -0.2) is 4.39 Å². The number of nitrogens with zero attached hydrogens (tertiary/aromatic N) is 2. The minimum atomic E-state index is -0.271. The highest BCUT2D eigenvalue weighted by Gasteiger charge is 2.12. The van der Waals surface area contributed by atoms with Gasteiger partial charge >= 0.3 is 0 Å². The lowest BCUT2D eigenvalue weighted by atomic mass is 10.1. The minimum Gasteiger partial charge on any atom is -0.378 e. The summed E-state index contributed by atoms with van der Waals surface area (Å²) in [5.41, 5.74) is 2.59. The normalized spacial score (nSPS) is 10.3. The minimum absolute atomic E-state index is 0.0513. The van der Waals surface area contributed by atoms with Gasteiger partial charge in [-0.2, -0.15) is 0 Å². The van der Waals surface area contributed by atoms with E-state index in [1.165, 1.54) is 12.1 Å². The van der Waals surface area contributed by atoms with Crippen molar-refractivity contribution in [2.24, 2.45) is 0 Å². The largest absolute Gasteiger partial charge is 0.378 e. The molecule has 0 aliphatic rings. The van der Waals surface area contributed by atoms with Crippen LogP contribution in [0.3, 0.4) is 0 Å². The van der Waals surface area contributed by atoms with Gasteiger partial charge < -0.3 is 9.80 Å². The second-order valence-electron chi connectivity index (χ2n) is 5.23. The van der Waals surface area contributed by atoms with E-state index in [1.54, 1.807) is 24.1 Å². The number of amides is 1. The summed E-state index contributed by atoms with van der Waals surface area (Å²) >= 11 is 0. The van der Waals surface area contributed by atoms with Gasteiger partial charge in [0, 0.05) is 38.9 Å². The molecule has 0 bridgehead atoms. The zero-order valence-electron chi connectivity index (χ0n) is 12.5. The summed E-state index contributed by atoms with van der Waals surface area (Å²) in [5.74, 6) is -0.323. The van der Waals surface area contributed by atoms with Crippen LogP contribution in [0.1, 0.15) is 15.9 Å². The number of benzene rings is 2. The van der Waals surface area contributed by atoms with Crippen LogP contribution < -0.4 is 4.90 Å². The van der Waals surface area contributed by atoms with Crippen molar-refractivity contribution in [2.75, 3.05) is 26.0 Å². The number of carbonyl (C=O) groups excluding carboxylic acids is 1. The van der Waals surface area contributed by atoms with Crippen LogP contribution in [0.15, 0.2) is 48.5 Å². The van der Waals surface area contributed by atoms with E-state index < -0.39 is 0 Å². The number of halogens is 1. The molecule has 21 heavy (non-hydrogen) atoms. The Kier molecular flexibility index (Phi) is 4.58. The average molecular weight is 286 g/mol. The predicted octanol–water partition coefficient (Wildman–Crippen LogP) is 3.16. The van der Waals surface area contributed by atoms with Gasteiger partial charge in [0.2, 0.25) is 0 Å². The van der Waals surface area contributed by atoms with Crippen LogP contribution in [0, 0.1) is 5.82 Å². The second kappa shape index (κ2) is 6.39. The first kappa shape index (κ1) is 15.0. The van der Waals surface area contributed by atoms with E-state index in [1.807, 2.05) is 43.3 Å². The van der Waals surface area contributed by atoms with E-state index >= 15 is 0 Å². The molecule has 0 unspecified atom stereocenters. The maximum Gasteiger partial charge on any atom is 0.253 e. The summed E-state index contributed by atoms with van der Waals surface area (Å²) in [4.78, 5) is 15.9. The Morgan fingerprint density at radius 3 is 2.05 bits per heavy atom. The Morgan fingerprint density at radius 2 is 1.52 bits per heavy atom. The lowest BCUT2D eigenvalue weighted by molar-refractivity contribution is 0.0785. The Balaban J connectivity index is 2.06. The summed E-state index contributed by atoms with van der Waals surface area (Å²) in [5, 5.41) is 0. The van der Waals surface area contributed by atoms with Gasteiger partial charge in [-0.1, -0.05) is 12.1 Å². The quantitative estimate of drug-likeness (QED) is 0.862. The molecule has 3 nitrogen and oxygen atoms in total. The first-order valence-electron chi connectivity index (χ1n) is 6.74. The highest BCUT2D eigenvalue weighted by atomic mass is 19.1. The standard InChI is InChI=1S/C17H19FN2O/c1-19(2)16-10-6-14(7-11-16)17(21)20(3)12-13-4-8-15(18)9-5-13/h4-11H,12H2,1-3H3. The van der Waals surface area contributed by atoms with Gasteiger partial charge in [0.15, 0.2) is 0 Å². The van der Waals surface area contributed by atoms with Gasteiger partial charge in [0.05, 0.1) is 0 Å². The molecular formula is C17H19FN2O. The van der Waals surface area contributed by atoms with Crippen molar-refractivity contribution in [1.82, 2.24) is 4.90 Å². The molecule has 0 heterocycles. The van der Waals surface area contributed by atoms with E-state index in [9.17, 15) is 9.18 Å². The first-order valence-corrected chi connectivity index (χ1v) is 6.74. The van der Waals surface area contributed by atoms with E-state index in [2.05, 4.69) is 0 Å². The first-order chi connectivity index (χ1) is 9.97. The third-order valence-electron chi connectivity index (χ3n) is 3.31. The monoisotopic (exact) mass is 286 g/mol. The second-order valence-corrected chi connectivity index (χ2v) is 5.23. The molecule has 0 atom stereocenters. The molecule has 0 aliphatic carbocycles. The molecule has 0 N–H and O–H groups in total. The lowest BCUT2D eigenvalue weighted by Crippen LogP contribution is -2.26. The predicted molar refractivity (Wildman–Crippen MR) is 83.0 cm³/mol. The molecule has 2 aromatic rings. The SMILES string of the molecule is CN(Cc1ccc(F)cc1)C(=O)c1ccc(N(C)C)cc1. The van der Waals surface area contributed by atoms with Crippen LogP contribution >= 0.6 is 0 Å². The summed E-state index contributed by atoms with van der Waals surface area (Å²) < 4.78 is 12.9. The van der Waals surface area contributed by atoms with E-state index in [-0.39, 0.29) is 11.7 Å². The van der Waals surface area contributed by atoms with Gasteiger partial charge in [0.1, 0.15) is 5.82 Å². The molecule has 0 saturated carbocycles. The van der Waals surface area contributed by atoms with Crippen LogP contribution in [-0.4, -0.2) is 32.0 Å². The van der Waals surface area contributed by atoms with Crippen molar-refractivity contribution < 1.29 is 9.18 Å². The molecule has 0 saturated heterocycles. The van der Waals surface area contributed by atoms with E-state index in [4.69, 9.17) is 0 Å². The van der Waals surface area contributed by atoms with Crippen molar-refractivity contribution in [2.45, 2.75) is 6.54 Å². The highest BCUT2D eigenvalue weighted by molar-refractivity contribution is 5.94. The Labute approximate surface area is 124 Å².